The van der Waals surface area contributed by atoms with Crippen molar-refractivity contribution in [2.75, 3.05) is 0 Å². The van der Waals surface area contributed by atoms with Crippen LogP contribution >= 0.6 is 11.3 Å². The summed E-state index contributed by atoms with van der Waals surface area (Å²) in [6.07, 6.45) is 0. The Labute approximate surface area is 272 Å². The van der Waals surface area contributed by atoms with E-state index >= 15 is 0 Å². The molecular weight excluding hydrogens is 599 g/mol. The van der Waals surface area contributed by atoms with Crippen LogP contribution in [-0.4, -0.2) is 24.5 Å². The van der Waals surface area contributed by atoms with Gasteiger partial charge in [-0.1, -0.05) is 91.0 Å². The van der Waals surface area contributed by atoms with Crippen molar-refractivity contribution in [3.05, 3.63) is 140 Å². The number of fused-ring (bicyclic) bond motifs is 7. The standard InChI is InChI=1S/C40H23N5OS/c1-2-10-24(11-3-1)39-41-31-22-25(19-21-36(31)47-39)37-42-38(26-18-20-30-29-14-6-9-17-34(29)46-35(30)23-26)44-40(43-37)45-32-15-7-4-12-27(32)28-13-5-8-16-33(28)45/h1-23H. The fourth-order valence-corrected chi connectivity index (χ4v) is 7.45. The summed E-state index contributed by atoms with van der Waals surface area (Å²) in [6.45, 7) is 0. The molecule has 0 saturated heterocycles. The molecule has 0 aliphatic rings. The first kappa shape index (κ1) is 26.1. The molecule has 0 atom stereocenters. The van der Waals surface area contributed by atoms with Crippen LogP contribution in [0.1, 0.15) is 0 Å². The molecule has 0 radical (unpaired) electrons. The Morgan fingerprint density at radius 1 is 0.468 bits per heavy atom. The van der Waals surface area contributed by atoms with Crippen molar-refractivity contribution < 1.29 is 4.42 Å². The van der Waals surface area contributed by atoms with Gasteiger partial charge in [-0.15, -0.1) is 11.3 Å². The fourth-order valence-electron chi connectivity index (χ4n) is 6.50. The van der Waals surface area contributed by atoms with Crippen LogP contribution in [0.4, 0.5) is 0 Å². The van der Waals surface area contributed by atoms with Crippen LogP contribution in [0, 0.1) is 0 Å². The molecule has 4 aromatic heterocycles. The topological polar surface area (TPSA) is 69.6 Å². The number of para-hydroxylation sites is 3. The van der Waals surface area contributed by atoms with Gasteiger partial charge in [-0.25, -0.2) is 9.97 Å². The van der Waals surface area contributed by atoms with Gasteiger partial charge >= 0.3 is 0 Å². The van der Waals surface area contributed by atoms with Gasteiger partial charge in [0.05, 0.1) is 21.3 Å². The van der Waals surface area contributed by atoms with Crippen LogP contribution in [0.15, 0.2) is 144 Å². The minimum Gasteiger partial charge on any atom is -0.456 e. The highest BCUT2D eigenvalue weighted by Gasteiger charge is 2.19. The minimum absolute atomic E-state index is 0.551. The Morgan fingerprint density at radius 2 is 1.09 bits per heavy atom. The number of rotatable bonds is 4. The molecule has 10 rings (SSSR count). The minimum atomic E-state index is 0.551. The maximum atomic E-state index is 6.25. The van der Waals surface area contributed by atoms with E-state index < -0.39 is 0 Å². The van der Waals surface area contributed by atoms with Crippen LogP contribution in [0.2, 0.25) is 0 Å². The molecule has 0 fully saturated rings. The zero-order valence-corrected chi connectivity index (χ0v) is 25.6. The molecule has 0 amide bonds. The lowest BCUT2D eigenvalue weighted by Crippen LogP contribution is -2.06. The summed E-state index contributed by atoms with van der Waals surface area (Å²) >= 11 is 1.68. The van der Waals surface area contributed by atoms with Crippen molar-refractivity contribution in [1.29, 1.82) is 0 Å². The lowest BCUT2D eigenvalue weighted by Gasteiger charge is -2.11. The number of benzene rings is 6. The quantitative estimate of drug-likeness (QED) is 0.196. The Balaban J connectivity index is 1.21. The number of hydrogen-bond donors (Lipinski definition) is 0. The van der Waals surface area contributed by atoms with Gasteiger partial charge in [0.15, 0.2) is 11.6 Å². The van der Waals surface area contributed by atoms with Crippen molar-refractivity contribution in [3.8, 4) is 39.3 Å². The van der Waals surface area contributed by atoms with Crippen molar-refractivity contribution in [2.45, 2.75) is 0 Å². The van der Waals surface area contributed by atoms with Gasteiger partial charge in [0.2, 0.25) is 5.95 Å². The Kier molecular flexibility index (Phi) is 5.64. The zero-order chi connectivity index (χ0) is 30.9. The number of hydrogen-bond acceptors (Lipinski definition) is 6. The number of nitrogens with zero attached hydrogens (tertiary/aromatic N) is 5. The molecule has 0 aliphatic carbocycles. The normalized spacial score (nSPS) is 11.8. The van der Waals surface area contributed by atoms with E-state index in [9.17, 15) is 0 Å². The SMILES string of the molecule is c1ccc(-c2nc3cc(-c4nc(-c5ccc6c(c5)oc5ccccc56)nc(-n5c6ccccc6c6ccccc65)n4)ccc3s2)cc1. The Hall–Kier alpha value is -6.18. The Morgan fingerprint density at radius 3 is 1.85 bits per heavy atom. The lowest BCUT2D eigenvalue weighted by atomic mass is 10.1. The maximum absolute atomic E-state index is 6.25. The van der Waals surface area contributed by atoms with Gasteiger partial charge in [-0.2, -0.15) is 9.97 Å². The fraction of sp³-hybridized carbons (Fsp3) is 0. The highest BCUT2D eigenvalue weighted by atomic mass is 32.1. The summed E-state index contributed by atoms with van der Waals surface area (Å²) in [5.74, 6) is 1.70. The highest BCUT2D eigenvalue weighted by Crippen LogP contribution is 2.36. The monoisotopic (exact) mass is 621 g/mol. The van der Waals surface area contributed by atoms with E-state index in [0.717, 1.165) is 75.7 Å². The largest absolute Gasteiger partial charge is 0.456 e. The van der Waals surface area contributed by atoms with E-state index in [4.69, 9.17) is 24.4 Å². The first-order valence-corrected chi connectivity index (χ1v) is 16.2. The van der Waals surface area contributed by atoms with Crippen LogP contribution in [0.25, 0.3) is 93.3 Å². The molecule has 0 saturated carbocycles. The second kappa shape index (κ2) is 10.2. The summed E-state index contributed by atoms with van der Waals surface area (Å²) in [7, 11) is 0. The molecule has 7 heteroatoms. The summed E-state index contributed by atoms with van der Waals surface area (Å²) < 4.78 is 9.49. The third-order valence-electron chi connectivity index (χ3n) is 8.71. The second-order valence-corrected chi connectivity index (χ2v) is 12.6. The van der Waals surface area contributed by atoms with Crippen molar-refractivity contribution >= 4 is 65.3 Å². The van der Waals surface area contributed by atoms with Gasteiger partial charge in [0, 0.05) is 38.2 Å². The number of aromatic nitrogens is 5. The molecular formula is C40H23N5OS. The van der Waals surface area contributed by atoms with Crippen molar-refractivity contribution in [3.63, 3.8) is 0 Å². The number of furan rings is 1. The highest BCUT2D eigenvalue weighted by molar-refractivity contribution is 7.21. The predicted octanol–water partition coefficient (Wildman–Crippen LogP) is 10.5. The smallest absolute Gasteiger partial charge is 0.238 e. The molecule has 6 aromatic carbocycles. The van der Waals surface area contributed by atoms with E-state index in [1.165, 1.54) is 0 Å². The molecule has 6 nitrogen and oxygen atoms in total. The average Bonchev–Trinajstić information content (AvgIpc) is 3.83. The van der Waals surface area contributed by atoms with Crippen LogP contribution < -0.4 is 0 Å². The third kappa shape index (κ3) is 4.17. The summed E-state index contributed by atoms with van der Waals surface area (Å²) in [4.78, 5) is 20.3. The zero-order valence-electron chi connectivity index (χ0n) is 24.8. The Bertz CT molecular complexity index is 2760. The predicted molar refractivity (Wildman–Crippen MR) is 191 cm³/mol. The van der Waals surface area contributed by atoms with Crippen molar-refractivity contribution in [1.82, 2.24) is 24.5 Å². The molecule has 10 aromatic rings. The van der Waals surface area contributed by atoms with E-state index in [2.05, 4.69) is 102 Å². The summed E-state index contributed by atoms with van der Waals surface area (Å²) in [6, 6.07) is 47.6. The maximum Gasteiger partial charge on any atom is 0.238 e. The van der Waals surface area contributed by atoms with Crippen LogP contribution in [0.3, 0.4) is 0 Å². The second-order valence-electron chi connectivity index (χ2n) is 11.5. The van der Waals surface area contributed by atoms with Crippen LogP contribution in [-0.2, 0) is 0 Å². The lowest BCUT2D eigenvalue weighted by molar-refractivity contribution is 0.669. The summed E-state index contributed by atoms with van der Waals surface area (Å²) in [5, 5.41) is 5.42. The van der Waals surface area contributed by atoms with Crippen LogP contribution in [0.5, 0.6) is 0 Å². The molecule has 0 unspecified atom stereocenters. The van der Waals surface area contributed by atoms with Gasteiger partial charge in [-0.3, -0.25) is 4.57 Å². The van der Waals surface area contributed by atoms with E-state index in [0.29, 0.717) is 17.6 Å². The molecule has 0 N–H and O–H groups in total. The van der Waals surface area contributed by atoms with E-state index in [1.807, 2.05) is 42.5 Å². The van der Waals surface area contributed by atoms with E-state index in [-0.39, 0.29) is 0 Å². The average molecular weight is 622 g/mol. The molecule has 47 heavy (non-hydrogen) atoms. The van der Waals surface area contributed by atoms with Gasteiger partial charge in [0.25, 0.3) is 0 Å². The molecule has 0 spiro atoms. The van der Waals surface area contributed by atoms with E-state index in [1.54, 1.807) is 11.3 Å². The third-order valence-corrected chi connectivity index (χ3v) is 9.79. The first-order valence-electron chi connectivity index (χ1n) is 15.4. The van der Waals surface area contributed by atoms with Gasteiger partial charge in [-0.05, 0) is 48.5 Å². The molecule has 0 aliphatic heterocycles. The first-order chi connectivity index (χ1) is 23.3. The van der Waals surface area contributed by atoms with Gasteiger partial charge < -0.3 is 4.42 Å². The number of thiazole rings is 1. The van der Waals surface area contributed by atoms with Gasteiger partial charge in [0.1, 0.15) is 16.2 Å². The van der Waals surface area contributed by atoms with Crippen molar-refractivity contribution in [2.24, 2.45) is 0 Å². The molecule has 0 bridgehead atoms. The molecule has 220 valence electrons. The summed E-state index contributed by atoms with van der Waals surface area (Å²) in [5.41, 5.74) is 7.46. The molecule has 4 heterocycles.